The number of ether oxygens (including phenoxy) is 1. The maximum absolute atomic E-state index is 12.8. The lowest BCUT2D eigenvalue weighted by molar-refractivity contribution is -0.147. The van der Waals surface area contributed by atoms with Crippen molar-refractivity contribution < 1.29 is 24.0 Å². The molecule has 0 aliphatic heterocycles. The molecule has 0 bridgehead atoms. The third-order valence-corrected chi connectivity index (χ3v) is 7.32. The second-order valence-corrected chi connectivity index (χ2v) is 9.78. The summed E-state index contributed by atoms with van der Waals surface area (Å²) >= 11 is 0. The summed E-state index contributed by atoms with van der Waals surface area (Å²) in [6, 6.07) is 23.4. The van der Waals surface area contributed by atoms with Gasteiger partial charge in [0.25, 0.3) is 0 Å². The molecule has 1 aliphatic carbocycles. The summed E-state index contributed by atoms with van der Waals surface area (Å²) < 4.78 is 11.3. The number of aliphatic carboxylic acids is 1. The van der Waals surface area contributed by atoms with Crippen LogP contribution in [0.3, 0.4) is 0 Å². The topological polar surface area (TPSA) is 89.6 Å². The number of aryl methyl sites for hydroxylation is 2. The summed E-state index contributed by atoms with van der Waals surface area (Å²) in [6.45, 7) is 5.69. The molecule has 188 valence electrons. The largest absolute Gasteiger partial charge is 0.481 e. The monoisotopic (exact) mass is 494 g/mol. The highest BCUT2D eigenvalue weighted by molar-refractivity contribution is 5.85. The zero-order valence-corrected chi connectivity index (χ0v) is 21.2. The molecular formula is C31H29NO5. The van der Waals surface area contributed by atoms with Gasteiger partial charge in [0.1, 0.15) is 6.10 Å². The number of carbonyl (C=O) groups is 2. The first-order valence-electron chi connectivity index (χ1n) is 12.4. The second-order valence-electron chi connectivity index (χ2n) is 9.78. The van der Waals surface area contributed by atoms with Crippen molar-refractivity contribution in [2.75, 3.05) is 0 Å². The van der Waals surface area contributed by atoms with E-state index in [1.165, 1.54) is 0 Å². The average Bonchev–Trinajstić information content (AvgIpc) is 3.64. The van der Waals surface area contributed by atoms with Gasteiger partial charge in [0, 0.05) is 11.1 Å². The molecule has 1 atom stereocenters. The summed E-state index contributed by atoms with van der Waals surface area (Å²) in [5.74, 6) is -0.539. The Labute approximate surface area is 215 Å². The van der Waals surface area contributed by atoms with Crippen LogP contribution in [0.15, 0.2) is 77.3 Å². The van der Waals surface area contributed by atoms with Crippen LogP contribution in [-0.4, -0.2) is 22.2 Å². The normalized spacial score (nSPS) is 14.7. The van der Waals surface area contributed by atoms with E-state index in [0.717, 1.165) is 33.4 Å². The molecule has 0 amide bonds. The molecule has 1 fully saturated rings. The van der Waals surface area contributed by atoms with E-state index in [9.17, 15) is 14.7 Å². The number of carboxylic acids is 1. The van der Waals surface area contributed by atoms with Crippen LogP contribution in [0, 0.1) is 13.8 Å². The molecule has 1 heterocycles. The van der Waals surface area contributed by atoms with Crippen molar-refractivity contribution in [2.24, 2.45) is 0 Å². The van der Waals surface area contributed by atoms with Crippen molar-refractivity contribution in [3.05, 3.63) is 101 Å². The first kappa shape index (κ1) is 24.5. The molecule has 5 rings (SSSR count). The van der Waals surface area contributed by atoms with Crippen molar-refractivity contribution in [1.29, 1.82) is 0 Å². The number of rotatable bonds is 8. The van der Waals surface area contributed by atoms with Crippen LogP contribution in [-0.2, 0) is 26.2 Å². The van der Waals surface area contributed by atoms with Crippen LogP contribution < -0.4 is 0 Å². The Kier molecular flexibility index (Phi) is 6.42. The summed E-state index contributed by atoms with van der Waals surface area (Å²) in [4.78, 5) is 24.4. The molecule has 1 saturated carbocycles. The highest BCUT2D eigenvalue weighted by Gasteiger charge is 2.51. The smallest absolute Gasteiger partial charge is 0.314 e. The molecular weight excluding hydrogens is 465 g/mol. The Morgan fingerprint density at radius 1 is 0.946 bits per heavy atom. The van der Waals surface area contributed by atoms with Crippen LogP contribution in [0.4, 0.5) is 0 Å². The summed E-state index contributed by atoms with van der Waals surface area (Å²) in [5.41, 5.74) is 6.39. The standard InChI is InChI=1S/C31H29NO5/c1-19-6-4-5-7-26(19)21(3)36-28(33)18-27-20(2)32-37-29(27)24-10-8-22(9-11-24)23-12-14-25(15-13-23)31(16-17-31)30(34)35/h4-15,21H,16-18H2,1-3H3,(H,34,35)/t21-/m1/s1/i1-1. The quantitative estimate of drug-likeness (QED) is 0.278. The zero-order chi connectivity index (χ0) is 26.2. The average molecular weight is 495 g/mol. The molecule has 4 aromatic rings. The van der Waals surface area contributed by atoms with Gasteiger partial charge in [-0.25, -0.2) is 0 Å². The molecule has 6 nitrogen and oxygen atoms in total. The van der Waals surface area contributed by atoms with E-state index in [0.29, 0.717) is 29.9 Å². The lowest BCUT2D eigenvalue weighted by Crippen LogP contribution is -2.19. The van der Waals surface area contributed by atoms with E-state index in [4.69, 9.17) is 9.26 Å². The van der Waals surface area contributed by atoms with E-state index >= 15 is 0 Å². The molecule has 0 unspecified atom stereocenters. The van der Waals surface area contributed by atoms with Gasteiger partial charge in [-0.1, -0.05) is 78.0 Å². The molecule has 0 radical (unpaired) electrons. The van der Waals surface area contributed by atoms with Gasteiger partial charge in [-0.15, -0.1) is 0 Å². The highest BCUT2D eigenvalue weighted by Crippen LogP contribution is 2.48. The highest BCUT2D eigenvalue weighted by atomic mass is 16.5. The molecule has 37 heavy (non-hydrogen) atoms. The SMILES string of the molecule is Cc1noc(-c2ccc(-c3ccc(C4(C(=O)O)CC4)cc3)cc2)c1CC(=O)O[C@H](C)c1ccccc1[11CH3]. The number of esters is 1. The van der Waals surface area contributed by atoms with Crippen molar-refractivity contribution in [3.63, 3.8) is 0 Å². The van der Waals surface area contributed by atoms with Crippen LogP contribution in [0.5, 0.6) is 0 Å². The Hall–Kier alpha value is -4.19. The number of hydrogen-bond donors (Lipinski definition) is 1. The van der Waals surface area contributed by atoms with E-state index < -0.39 is 11.4 Å². The van der Waals surface area contributed by atoms with E-state index in [1.54, 1.807) is 0 Å². The molecule has 0 saturated heterocycles. The van der Waals surface area contributed by atoms with Crippen molar-refractivity contribution in [2.45, 2.75) is 51.6 Å². The van der Waals surface area contributed by atoms with Crippen LogP contribution >= 0.6 is 0 Å². The van der Waals surface area contributed by atoms with Gasteiger partial charge in [-0.2, -0.15) is 0 Å². The Bertz CT molecular complexity index is 1450. The summed E-state index contributed by atoms with van der Waals surface area (Å²) in [7, 11) is 0. The minimum atomic E-state index is -0.753. The third-order valence-electron chi connectivity index (χ3n) is 7.32. The van der Waals surface area contributed by atoms with Gasteiger partial charge in [0.2, 0.25) is 0 Å². The van der Waals surface area contributed by atoms with Crippen molar-refractivity contribution >= 4 is 11.9 Å². The van der Waals surface area contributed by atoms with Crippen molar-refractivity contribution in [3.8, 4) is 22.5 Å². The van der Waals surface area contributed by atoms with Gasteiger partial charge in [0.05, 0.1) is 17.5 Å². The number of carbonyl (C=O) groups excluding carboxylic acids is 1. The third kappa shape index (κ3) is 4.79. The van der Waals surface area contributed by atoms with Gasteiger partial charge in [0.15, 0.2) is 5.76 Å². The van der Waals surface area contributed by atoms with Crippen LogP contribution in [0.2, 0.25) is 0 Å². The minimum absolute atomic E-state index is 0.0649. The molecule has 3 aromatic carbocycles. The molecule has 0 spiro atoms. The van der Waals surface area contributed by atoms with Gasteiger partial charge in [-0.05, 0) is 61.4 Å². The lowest BCUT2D eigenvalue weighted by atomic mass is 9.93. The van der Waals surface area contributed by atoms with E-state index in [-0.39, 0.29) is 18.5 Å². The predicted octanol–water partition coefficient (Wildman–Crippen LogP) is 6.59. The van der Waals surface area contributed by atoms with Crippen LogP contribution in [0.25, 0.3) is 22.5 Å². The number of carboxylic acid groups (broad SMARTS) is 1. The zero-order valence-electron chi connectivity index (χ0n) is 21.2. The number of nitrogens with zero attached hydrogens (tertiary/aromatic N) is 1. The molecule has 1 N–H and O–H groups in total. The molecule has 1 aromatic heterocycles. The Morgan fingerprint density at radius 3 is 2.14 bits per heavy atom. The minimum Gasteiger partial charge on any atom is -0.481 e. The lowest BCUT2D eigenvalue weighted by Gasteiger charge is -2.16. The van der Waals surface area contributed by atoms with E-state index in [1.807, 2.05) is 93.6 Å². The maximum Gasteiger partial charge on any atom is 0.314 e. The number of hydrogen-bond acceptors (Lipinski definition) is 5. The van der Waals surface area contributed by atoms with Crippen molar-refractivity contribution in [1.82, 2.24) is 5.16 Å². The number of benzene rings is 3. The predicted molar refractivity (Wildman–Crippen MR) is 140 cm³/mol. The number of aromatic nitrogens is 1. The van der Waals surface area contributed by atoms with Gasteiger partial charge >= 0.3 is 11.9 Å². The Balaban J connectivity index is 1.30. The molecule has 1 aliphatic rings. The fourth-order valence-electron chi connectivity index (χ4n) is 4.86. The fourth-order valence-corrected chi connectivity index (χ4v) is 4.86. The summed E-state index contributed by atoms with van der Waals surface area (Å²) in [5, 5.41) is 13.6. The summed E-state index contributed by atoms with van der Waals surface area (Å²) in [6.07, 6.45) is 1.09. The van der Waals surface area contributed by atoms with Gasteiger partial charge in [-0.3, -0.25) is 9.59 Å². The fraction of sp³-hybridized carbons (Fsp3) is 0.258. The second kappa shape index (κ2) is 9.69. The van der Waals surface area contributed by atoms with Crippen LogP contribution in [0.1, 0.15) is 53.8 Å². The van der Waals surface area contributed by atoms with E-state index in [2.05, 4.69) is 5.16 Å². The first-order valence-corrected chi connectivity index (χ1v) is 12.4. The maximum atomic E-state index is 12.8. The molecule has 6 heteroatoms. The Morgan fingerprint density at radius 2 is 1.54 bits per heavy atom. The first-order chi connectivity index (χ1) is 17.8. The van der Waals surface area contributed by atoms with Gasteiger partial charge < -0.3 is 14.4 Å².